The van der Waals surface area contributed by atoms with Gasteiger partial charge in [0.2, 0.25) is 18.6 Å². The van der Waals surface area contributed by atoms with E-state index in [1.54, 1.807) is 39.8 Å². The summed E-state index contributed by atoms with van der Waals surface area (Å²) in [6.07, 6.45) is 0.366. The van der Waals surface area contributed by atoms with Gasteiger partial charge in [-0.3, -0.25) is 43.4 Å². The molecular formula is C35H45N5O12. The molecule has 6 atom stereocenters. The Labute approximate surface area is 299 Å². The molecule has 0 aliphatic heterocycles. The third-order valence-corrected chi connectivity index (χ3v) is 10.4. The maximum absolute atomic E-state index is 14.3. The first-order valence-corrected chi connectivity index (χ1v) is 16.9. The lowest BCUT2D eigenvalue weighted by molar-refractivity contribution is -0.181. The number of nitrogens with zero attached hydrogens (tertiary/aromatic N) is 3. The summed E-state index contributed by atoms with van der Waals surface area (Å²) in [5.74, 6) is -13.6. The van der Waals surface area contributed by atoms with Crippen LogP contribution in [0, 0.1) is 29.6 Å². The maximum atomic E-state index is 14.3. The summed E-state index contributed by atoms with van der Waals surface area (Å²) in [4.78, 5) is 110. The van der Waals surface area contributed by atoms with Crippen LogP contribution in [0.15, 0.2) is 6.07 Å². The second-order valence-corrected chi connectivity index (χ2v) is 15.4. The monoisotopic (exact) mass is 727 g/mol. The third kappa shape index (κ3) is 6.51. The number of amides is 3. The number of carbonyl (C=O) groups is 8. The van der Waals surface area contributed by atoms with Crippen LogP contribution in [0.1, 0.15) is 56.0 Å². The second kappa shape index (κ2) is 13.6. The first-order chi connectivity index (χ1) is 24.1. The normalized spacial score (nSPS) is 26.9. The largest absolute Gasteiger partial charge is 0.505 e. The molecule has 5 N–H and O–H groups in total. The summed E-state index contributed by atoms with van der Waals surface area (Å²) >= 11 is 0. The van der Waals surface area contributed by atoms with Crippen molar-refractivity contribution in [1.29, 1.82) is 0 Å². The highest BCUT2D eigenvalue weighted by Crippen LogP contribution is 2.52. The van der Waals surface area contributed by atoms with Crippen molar-refractivity contribution in [3.05, 3.63) is 17.2 Å². The minimum Gasteiger partial charge on any atom is -0.505 e. The topological polar surface area (TPSA) is 243 Å². The Morgan fingerprint density at radius 1 is 1.02 bits per heavy atom. The van der Waals surface area contributed by atoms with Gasteiger partial charge in [0.15, 0.2) is 34.7 Å². The first-order valence-electron chi connectivity index (χ1n) is 16.9. The number of nitrogens with one attached hydrogen (secondary N) is 1. The van der Waals surface area contributed by atoms with E-state index in [1.807, 2.05) is 0 Å². The van der Waals surface area contributed by atoms with Gasteiger partial charge in [-0.15, -0.1) is 0 Å². The second-order valence-electron chi connectivity index (χ2n) is 15.4. The number of fused-ring (bicyclic) bond motifs is 3. The number of Topliss-reactive ketones (excluding diaryl/α,β-unsaturated/α-hetero) is 4. The molecule has 0 aromatic heterocycles. The van der Waals surface area contributed by atoms with Gasteiger partial charge >= 0.3 is 12.1 Å². The van der Waals surface area contributed by atoms with Crippen molar-refractivity contribution in [1.82, 2.24) is 9.80 Å². The highest BCUT2D eigenvalue weighted by atomic mass is 16.7. The number of hydrogen-bond acceptors (Lipinski definition) is 14. The summed E-state index contributed by atoms with van der Waals surface area (Å²) in [6, 6.07) is 0.203. The molecule has 0 saturated heterocycles. The molecule has 3 fully saturated rings. The van der Waals surface area contributed by atoms with Crippen LogP contribution in [0.2, 0.25) is 0 Å². The molecule has 4 aliphatic carbocycles. The van der Waals surface area contributed by atoms with Gasteiger partial charge in [0.05, 0.1) is 29.1 Å². The predicted molar refractivity (Wildman–Crippen MR) is 181 cm³/mol. The van der Waals surface area contributed by atoms with Gasteiger partial charge in [0.1, 0.15) is 12.3 Å². The Hall–Kier alpha value is -4.90. The van der Waals surface area contributed by atoms with Gasteiger partial charge in [0, 0.05) is 31.2 Å². The number of ether oxygens (including phenoxy) is 2. The number of rotatable bonds is 9. The van der Waals surface area contributed by atoms with Crippen LogP contribution >= 0.6 is 0 Å². The summed E-state index contributed by atoms with van der Waals surface area (Å²) in [5.41, 5.74) is 1.77. The molecule has 4 aliphatic rings. The van der Waals surface area contributed by atoms with Crippen molar-refractivity contribution in [3.8, 4) is 5.75 Å². The first kappa shape index (κ1) is 38.3. The number of aliphatic hydroxyl groups is 1. The molecule has 0 heterocycles. The number of likely N-dealkylation sites (N-methyl/N-ethyl adjacent to an activating group) is 1. The SMILES string of the molecule is CN(C)c1cc(NC(=O)CN(C(=O)OCOC(=O)C2CC2)C(C)(C)C)c(O)c2c1C[C@H]1C[C@H]3[C@H](N(C)C)C(=O)C(C(N)=O)C(=O)[C@@]3(O)C(=O)C1C2=O. The van der Waals surface area contributed by atoms with E-state index < -0.39 is 107 Å². The number of anilines is 2. The Bertz CT molecular complexity index is 1760. The fraction of sp³-hybridized carbons (Fsp3) is 0.600. The van der Waals surface area contributed by atoms with Crippen LogP contribution in [-0.2, 0) is 44.7 Å². The van der Waals surface area contributed by atoms with E-state index >= 15 is 0 Å². The summed E-state index contributed by atoms with van der Waals surface area (Å²) < 4.78 is 10.1. The fourth-order valence-corrected chi connectivity index (χ4v) is 7.71. The zero-order valence-electron chi connectivity index (χ0n) is 30.2. The van der Waals surface area contributed by atoms with Gasteiger partial charge in [-0.2, -0.15) is 0 Å². The van der Waals surface area contributed by atoms with E-state index in [0.29, 0.717) is 24.1 Å². The summed E-state index contributed by atoms with van der Waals surface area (Å²) in [7, 11) is 6.33. The van der Waals surface area contributed by atoms with Gasteiger partial charge < -0.3 is 35.6 Å². The van der Waals surface area contributed by atoms with Crippen LogP contribution in [0.25, 0.3) is 0 Å². The number of benzene rings is 1. The molecule has 5 rings (SSSR count). The van der Waals surface area contributed by atoms with Crippen LogP contribution in [0.4, 0.5) is 16.2 Å². The minimum absolute atomic E-state index is 0.0239. The lowest BCUT2D eigenvalue weighted by atomic mass is 9.52. The third-order valence-electron chi connectivity index (χ3n) is 10.4. The number of phenolic OH excluding ortho intramolecular Hbond substituents is 1. The highest BCUT2D eigenvalue weighted by molar-refractivity contribution is 6.32. The zero-order valence-corrected chi connectivity index (χ0v) is 30.2. The maximum Gasteiger partial charge on any atom is 0.413 e. The molecule has 0 bridgehead atoms. The number of hydrogen-bond donors (Lipinski definition) is 4. The number of nitrogens with two attached hydrogens (primary N) is 1. The Kier molecular flexibility index (Phi) is 10.0. The van der Waals surface area contributed by atoms with Gasteiger partial charge in [-0.1, -0.05) is 0 Å². The van der Waals surface area contributed by atoms with Crippen molar-refractivity contribution in [2.45, 2.75) is 63.6 Å². The van der Waals surface area contributed by atoms with Crippen molar-refractivity contribution in [3.63, 3.8) is 0 Å². The van der Waals surface area contributed by atoms with Crippen molar-refractivity contribution in [2.75, 3.05) is 51.7 Å². The van der Waals surface area contributed by atoms with Crippen LogP contribution in [0.3, 0.4) is 0 Å². The number of primary amides is 1. The molecule has 17 nitrogen and oxygen atoms in total. The number of phenols is 1. The molecule has 17 heteroatoms. The van der Waals surface area contributed by atoms with E-state index in [4.69, 9.17) is 15.2 Å². The van der Waals surface area contributed by atoms with Gasteiger partial charge in [-0.05, 0) is 78.1 Å². The Morgan fingerprint density at radius 2 is 1.65 bits per heavy atom. The molecule has 1 aromatic rings. The Balaban J connectivity index is 1.45. The standard InChI is InChI=1S/C35H45N5O12/c1-34(2,3)40(33(49)52-14-51-32(48)15-8-9-15)13-21(41)37-19-12-20(38(4)5)17-10-16-11-18-25(39(6)7)28(44)24(31(36)47)30(46)35(18,50)29(45)22(16)27(43)23(17)26(19)42/h12,15-16,18,22,24-25,42,50H,8-11,13-14H2,1-7H3,(H2,36,47)(H,37,41)/t16-,18-,22?,24?,25-,35-/m0/s1. The smallest absolute Gasteiger partial charge is 0.413 e. The average Bonchev–Trinajstić information content (AvgIpc) is 3.88. The fourth-order valence-electron chi connectivity index (χ4n) is 7.71. The van der Waals surface area contributed by atoms with Gasteiger partial charge in [-0.25, -0.2) is 4.79 Å². The van der Waals surface area contributed by atoms with Crippen molar-refractivity contribution < 1.29 is 58.0 Å². The number of aromatic hydroxyl groups is 1. The van der Waals surface area contributed by atoms with Crippen LogP contribution in [0.5, 0.6) is 5.75 Å². The van der Waals surface area contributed by atoms with Crippen LogP contribution < -0.4 is 16.0 Å². The van der Waals surface area contributed by atoms with Crippen molar-refractivity contribution in [2.24, 2.45) is 35.3 Å². The predicted octanol–water partition coefficient (Wildman–Crippen LogP) is 0.0193. The number of ketones is 4. The highest BCUT2D eigenvalue weighted by Gasteiger charge is 2.69. The molecule has 52 heavy (non-hydrogen) atoms. The molecule has 1 aromatic carbocycles. The molecule has 2 unspecified atom stereocenters. The van der Waals surface area contributed by atoms with E-state index in [2.05, 4.69) is 5.32 Å². The average molecular weight is 728 g/mol. The van der Waals surface area contributed by atoms with E-state index in [9.17, 15) is 48.6 Å². The van der Waals surface area contributed by atoms with E-state index in [0.717, 1.165) is 4.90 Å². The lowest BCUT2D eigenvalue weighted by Gasteiger charge is -2.52. The molecule has 3 amide bonds. The molecule has 3 saturated carbocycles. The molecule has 0 radical (unpaired) electrons. The van der Waals surface area contributed by atoms with Crippen molar-refractivity contribution >= 4 is 58.4 Å². The van der Waals surface area contributed by atoms with Crippen LogP contribution in [-0.4, -0.2) is 126 Å². The minimum atomic E-state index is -2.88. The Morgan fingerprint density at radius 3 is 2.19 bits per heavy atom. The van der Waals surface area contributed by atoms with E-state index in [1.165, 1.54) is 25.1 Å². The quantitative estimate of drug-likeness (QED) is 0.113. The van der Waals surface area contributed by atoms with Gasteiger partial charge in [0.25, 0.3) is 0 Å². The molecular weight excluding hydrogens is 682 g/mol. The molecule has 0 spiro atoms. The number of esters is 1. The lowest BCUT2D eigenvalue weighted by Crippen LogP contribution is -2.74. The molecule has 282 valence electrons. The summed E-state index contributed by atoms with van der Waals surface area (Å²) in [5, 5.41) is 25.9. The number of carbonyl (C=O) groups excluding carboxylic acids is 8. The summed E-state index contributed by atoms with van der Waals surface area (Å²) in [6.45, 7) is 3.72. The zero-order chi connectivity index (χ0) is 38.8. The van der Waals surface area contributed by atoms with E-state index in [-0.39, 0.29) is 30.0 Å².